The van der Waals surface area contributed by atoms with Crippen molar-refractivity contribution < 1.29 is 14.3 Å². The van der Waals surface area contributed by atoms with Crippen LogP contribution in [0.15, 0.2) is 30.3 Å². The molecule has 1 amide bonds. The molecule has 0 spiro atoms. The number of hydrogen-bond donors (Lipinski definition) is 2. The van der Waals surface area contributed by atoms with Gasteiger partial charge in [0.05, 0.1) is 0 Å². The summed E-state index contributed by atoms with van der Waals surface area (Å²) in [5.74, 6) is 0.477. The van der Waals surface area contributed by atoms with Crippen LogP contribution in [0.25, 0.3) is 0 Å². The number of nitrogens with one attached hydrogen (secondary N) is 1. The van der Waals surface area contributed by atoms with Crippen LogP contribution in [0.1, 0.15) is 30.9 Å². The van der Waals surface area contributed by atoms with Crippen molar-refractivity contribution in [3.63, 3.8) is 0 Å². The standard InChI is InChI=1S/C17H26N2O3/c18-16(15-5-2-1-3-6-15)17(20)19-9-4-10-22-13-14-7-11-21-12-8-14/h1-3,5-6,14,16H,4,7-13,18H2,(H,19,20). The SMILES string of the molecule is NC(C(=O)NCCCOCC1CCOCC1)c1ccccc1. The zero-order chi connectivity index (χ0) is 15.6. The summed E-state index contributed by atoms with van der Waals surface area (Å²) in [6, 6.07) is 8.79. The normalized spacial score (nSPS) is 17.1. The van der Waals surface area contributed by atoms with Gasteiger partial charge < -0.3 is 20.5 Å². The molecule has 1 aromatic rings. The van der Waals surface area contributed by atoms with Gasteiger partial charge in [-0.1, -0.05) is 30.3 Å². The average Bonchev–Trinajstić information content (AvgIpc) is 2.58. The topological polar surface area (TPSA) is 73.6 Å². The van der Waals surface area contributed by atoms with E-state index in [1.807, 2.05) is 30.3 Å². The highest BCUT2D eigenvalue weighted by Gasteiger charge is 2.15. The van der Waals surface area contributed by atoms with Crippen molar-refractivity contribution >= 4 is 5.91 Å². The van der Waals surface area contributed by atoms with Crippen molar-refractivity contribution in [3.05, 3.63) is 35.9 Å². The van der Waals surface area contributed by atoms with Crippen LogP contribution in [-0.2, 0) is 14.3 Å². The van der Waals surface area contributed by atoms with Gasteiger partial charge in [-0.2, -0.15) is 0 Å². The molecule has 1 aromatic carbocycles. The Labute approximate surface area is 132 Å². The lowest BCUT2D eigenvalue weighted by Crippen LogP contribution is -2.35. The summed E-state index contributed by atoms with van der Waals surface area (Å²) in [5, 5.41) is 2.86. The number of carbonyl (C=O) groups is 1. The monoisotopic (exact) mass is 306 g/mol. The minimum absolute atomic E-state index is 0.143. The van der Waals surface area contributed by atoms with E-state index in [4.69, 9.17) is 15.2 Å². The van der Waals surface area contributed by atoms with Gasteiger partial charge in [-0.3, -0.25) is 4.79 Å². The Morgan fingerprint density at radius 1 is 1.32 bits per heavy atom. The van der Waals surface area contributed by atoms with E-state index in [2.05, 4.69) is 5.32 Å². The third-order valence-electron chi connectivity index (χ3n) is 3.90. The van der Waals surface area contributed by atoms with Crippen LogP contribution in [0, 0.1) is 5.92 Å². The summed E-state index contributed by atoms with van der Waals surface area (Å²) in [6.45, 7) is 3.75. The van der Waals surface area contributed by atoms with Crippen LogP contribution < -0.4 is 11.1 Å². The summed E-state index contributed by atoms with van der Waals surface area (Å²) in [5.41, 5.74) is 6.75. The largest absolute Gasteiger partial charge is 0.381 e. The molecule has 5 heteroatoms. The molecule has 0 aliphatic carbocycles. The number of ether oxygens (including phenoxy) is 2. The highest BCUT2D eigenvalue weighted by Crippen LogP contribution is 2.14. The number of nitrogens with two attached hydrogens (primary N) is 1. The molecule has 0 bridgehead atoms. The molecule has 1 aliphatic heterocycles. The fourth-order valence-corrected chi connectivity index (χ4v) is 2.47. The fourth-order valence-electron chi connectivity index (χ4n) is 2.47. The molecule has 3 N–H and O–H groups in total. The van der Waals surface area contributed by atoms with Gasteiger partial charge in [0.2, 0.25) is 5.91 Å². The molecule has 1 saturated heterocycles. The van der Waals surface area contributed by atoms with Crippen LogP contribution >= 0.6 is 0 Å². The number of amides is 1. The molecule has 1 heterocycles. The van der Waals surface area contributed by atoms with Crippen molar-refractivity contribution in [2.75, 3.05) is 33.0 Å². The van der Waals surface area contributed by atoms with Gasteiger partial charge in [-0.15, -0.1) is 0 Å². The zero-order valence-corrected chi connectivity index (χ0v) is 13.0. The summed E-state index contributed by atoms with van der Waals surface area (Å²) in [7, 11) is 0. The van der Waals surface area contributed by atoms with Gasteiger partial charge in [0, 0.05) is 33.0 Å². The highest BCUT2D eigenvalue weighted by atomic mass is 16.5. The molecule has 122 valence electrons. The van der Waals surface area contributed by atoms with E-state index in [0.717, 1.165) is 44.6 Å². The maximum absolute atomic E-state index is 11.9. The molecule has 1 atom stereocenters. The Bertz CT molecular complexity index is 433. The maximum atomic E-state index is 11.9. The van der Waals surface area contributed by atoms with Gasteiger partial charge >= 0.3 is 0 Å². The zero-order valence-electron chi connectivity index (χ0n) is 13.0. The van der Waals surface area contributed by atoms with Crippen LogP contribution in [0.4, 0.5) is 0 Å². The predicted octanol–water partition coefficient (Wildman–Crippen LogP) is 1.64. The number of rotatable bonds is 8. The summed E-state index contributed by atoms with van der Waals surface area (Å²) >= 11 is 0. The minimum atomic E-state index is -0.607. The first-order valence-electron chi connectivity index (χ1n) is 8.01. The third kappa shape index (κ3) is 5.75. The maximum Gasteiger partial charge on any atom is 0.241 e. The first-order valence-corrected chi connectivity index (χ1v) is 8.01. The van der Waals surface area contributed by atoms with Crippen LogP contribution in [0.2, 0.25) is 0 Å². The van der Waals surface area contributed by atoms with Crippen LogP contribution in [-0.4, -0.2) is 38.9 Å². The van der Waals surface area contributed by atoms with Crippen molar-refractivity contribution in [1.82, 2.24) is 5.32 Å². The van der Waals surface area contributed by atoms with Crippen molar-refractivity contribution in [1.29, 1.82) is 0 Å². The van der Waals surface area contributed by atoms with E-state index in [0.29, 0.717) is 19.1 Å². The Morgan fingerprint density at radius 2 is 2.05 bits per heavy atom. The van der Waals surface area contributed by atoms with Gasteiger partial charge in [0.15, 0.2) is 0 Å². The second-order valence-electron chi connectivity index (χ2n) is 5.66. The Morgan fingerprint density at radius 3 is 2.77 bits per heavy atom. The second kappa shape index (κ2) is 9.56. The van der Waals surface area contributed by atoms with E-state index >= 15 is 0 Å². The Kier molecular flexibility index (Phi) is 7.36. The average molecular weight is 306 g/mol. The molecule has 0 aromatic heterocycles. The second-order valence-corrected chi connectivity index (χ2v) is 5.66. The molecule has 1 fully saturated rings. The van der Waals surface area contributed by atoms with Crippen molar-refractivity contribution in [3.8, 4) is 0 Å². The Hall–Kier alpha value is -1.43. The Balaban J connectivity index is 1.53. The molecule has 2 rings (SSSR count). The van der Waals surface area contributed by atoms with Crippen LogP contribution in [0.3, 0.4) is 0 Å². The number of carbonyl (C=O) groups excluding carboxylic acids is 1. The predicted molar refractivity (Wildman–Crippen MR) is 85.4 cm³/mol. The van der Waals surface area contributed by atoms with Gasteiger partial charge in [0.25, 0.3) is 0 Å². The quantitative estimate of drug-likeness (QED) is 0.716. The lowest BCUT2D eigenvalue weighted by atomic mass is 10.0. The number of hydrogen-bond acceptors (Lipinski definition) is 4. The van der Waals surface area contributed by atoms with E-state index in [9.17, 15) is 4.79 Å². The highest BCUT2D eigenvalue weighted by molar-refractivity contribution is 5.82. The third-order valence-corrected chi connectivity index (χ3v) is 3.90. The van der Waals surface area contributed by atoms with Gasteiger partial charge in [0.1, 0.15) is 6.04 Å². The molecular formula is C17H26N2O3. The lowest BCUT2D eigenvalue weighted by molar-refractivity contribution is -0.122. The first-order chi connectivity index (χ1) is 10.8. The van der Waals surface area contributed by atoms with Crippen molar-refractivity contribution in [2.24, 2.45) is 11.7 Å². The fraction of sp³-hybridized carbons (Fsp3) is 0.588. The lowest BCUT2D eigenvalue weighted by Gasteiger charge is -2.21. The molecule has 0 saturated carbocycles. The van der Waals surface area contributed by atoms with Gasteiger partial charge in [-0.25, -0.2) is 0 Å². The van der Waals surface area contributed by atoms with E-state index in [1.54, 1.807) is 0 Å². The van der Waals surface area contributed by atoms with E-state index in [-0.39, 0.29) is 5.91 Å². The molecule has 1 unspecified atom stereocenters. The van der Waals surface area contributed by atoms with E-state index in [1.165, 1.54) is 0 Å². The molecule has 22 heavy (non-hydrogen) atoms. The van der Waals surface area contributed by atoms with E-state index < -0.39 is 6.04 Å². The smallest absolute Gasteiger partial charge is 0.241 e. The number of benzene rings is 1. The van der Waals surface area contributed by atoms with Crippen molar-refractivity contribution in [2.45, 2.75) is 25.3 Å². The van der Waals surface area contributed by atoms with Gasteiger partial charge in [-0.05, 0) is 30.7 Å². The summed E-state index contributed by atoms with van der Waals surface area (Å²) < 4.78 is 11.0. The minimum Gasteiger partial charge on any atom is -0.381 e. The van der Waals surface area contributed by atoms with Crippen LogP contribution in [0.5, 0.6) is 0 Å². The summed E-state index contributed by atoms with van der Waals surface area (Å²) in [6.07, 6.45) is 2.97. The molecule has 0 radical (unpaired) electrons. The first kappa shape index (κ1) is 16.9. The molecule has 1 aliphatic rings. The summed E-state index contributed by atoms with van der Waals surface area (Å²) in [4.78, 5) is 11.9. The molecule has 5 nitrogen and oxygen atoms in total. The molecular weight excluding hydrogens is 280 g/mol.